The van der Waals surface area contributed by atoms with Gasteiger partial charge in [-0.2, -0.15) is 0 Å². The van der Waals surface area contributed by atoms with Crippen molar-refractivity contribution >= 4 is 74.2 Å². The lowest BCUT2D eigenvalue weighted by molar-refractivity contribution is -0.113. The molecule has 3 aromatic carbocycles. The number of methoxy groups -OCH3 is 1. The highest BCUT2D eigenvalue weighted by Gasteiger charge is 2.33. The number of halogens is 2. The zero-order valence-corrected chi connectivity index (χ0v) is 27.9. The Morgan fingerprint density at radius 1 is 1.10 bits per heavy atom. The molecule has 1 atom stereocenters. The highest BCUT2D eigenvalue weighted by molar-refractivity contribution is 14.1. The Morgan fingerprint density at radius 3 is 2.56 bits per heavy atom. The SMILES string of the molecule is COc1cccc([C@H]2C(C(=O)Nc3ccccc3)=C(C)N=c3s/c(=C\c4cc(I)cc(I)c4OC(C)C)c(=O)n32)c1. The number of benzene rings is 3. The van der Waals surface area contributed by atoms with Gasteiger partial charge in [-0.05, 0) is 114 Å². The molecule has 5 rings (SSSR count). The second-order valence-electron chi connectivity index (χ2n) is 9.65. The summed E-state index contributed by atoms with van der Waals surface area (Å²) in [4.78, 5) is 33.2. The smallest absolute Gasteiger partial charge is 0.271 e. The largest absolute Gasteiger partial charge is 0.497 e. The van der Waals surface area contributed by atoms with E-state index >= 15 is 0 Å². The summed E-state index contributed by atoms with van der Waals surface area (Å²) in [5.74, 6) is 1.04. The maximum Gasteiger partial charge on any atom is 0.271 e. The molecule has 1 aromatic heterocycles. The maximum absolute atomic E-state index is 14.1. The van der Waals surface area contributed by atoms with Crippen LogP contribution in [0.25, 0.3) is 6.08 Å². The minimum absolute atomic E-state index is 0.0293. The average Bonchev–Trinajstić information content (AvgIpc) is 3.24. The van der Waals surface area contributed by atoms with Crippen LogP contribution in [0.1, 0.15) is 37.9 Å². The second kappa shape index (κ2) is 12.5. The number of hydrogen-bond donors (Lipinski definition) is 1. The van der Waals surface area contributed by atoms with Gasteiger partial charge in [0, 0.05) is 14.8 Å². The molecule has 0 spiro atoms. The fourth-order valence-corrected chi connectivity index (χ4v) is 7.70. The van der Waals surface area contributed by atoms with Gasteiger partial charge >= 0.3 is 0 Å². The number of carbonyl (C=O) groups excluding carboxylic acids is 1. The number of allylic oxidation sites excluding steroid dienone is 1. The summed E-state index contributed by atoms with van der Waals surface area (Å²) < 4.78 is 15.7. The number of fused-ring (bicyclic) bond motifs is 1. The number of hydrogen-bond acceptors (Lipinski definition) is 6. The zero-order valence-electron chi connectivity index (χ0n) is 22.8. The monoisotopic (exact) mass is 791 g/mol. The molecule has 1 aliphatic heterocycles. The third-order valence-electron chi connectivity index (χ3n) is 6.38. The molecule has 0 saturated heterocycles. The van der Waals surface area contributed by atoms with Gasteiger partial charge < -0.3 is 14.8 Å². The van der Waals surface area contributed by atoms with E-state index in [0.29, 0.717) is 32.0 Å². The summed E-state index contributed by atoms with van der Waals surface area (Å²) in [6, 6.07) is 20.0. The predicted molar refractivity (Wildman–Crippen MR) is 179 cm³/mol. The molecule has 4 aromatic rings. The van der Waals surface area contributed by atoms with E-state index in [1.165, 1.54) is 11.3 Å². The quantitative estimate of drug-likeness (QED) is 0.238. The van der Waals surface area contributed by atoms with E-state index in [1.54, 1.807) is 18.6 Å². The van der Waals surface area contributed by atoms with E-state index in [2.05, 4.69) is 50.5 Å². The van der Waals surface area contributed by atoms with Crippen molar-refractivity contribution in [3.63, 3.8) is 0 Å². The molecule has 2 heterocycles. The number of ether oxygens (including phenoxy) is 2. The van der Waals surface area contributed by atoms with Crippen molar-refractivity contribution in [2.75, 3.05) is 12.4 Å². The molecular formula is C31H27I2N3O4S. The van der Waals surface area contributed by atoms with Gasteiger partial charge in [0.25, 0.3) is 11.5 Å². The van der Waals surface area contributed by atoms with E-state index in [-0.39, 0.29) is 17.6 Å². The molecule has 0 unspecified atom stereocenters. The topological polar surface area (TPSA) is 81.9 Å². The molecule has 0 aliphatic carbocycles. The Labute approximate surface area is 268 Å². The number of nitrogens with zero attached hydrogens (tertiary/aromatic N) is 2. The van der Waals surface area contributed by atoms with Crippen LogP contribution < -0.4 is 29.7 Å². The van der Waals surface area contributed by atoms with Crippen molar-refractivity contribution in [2.45, 2.75) is 32.9 Å². The molecule has 210 valence electrons. The Kier molecular flexibility index (Phi) is 9.00. The molecule has 0 bridgehead atoms. The number of carbonyl (C=O) groups is 1. The lowest BCUT2D eigenvalue weighted by Crippen LogP contribution is -2.40. The van der Waals surface area contributed by atoms with E-state index in [0.717, 1.165) is 24.0 Å². The van der Waals surface area contributed by atoms with Crippen LogP contribution in [0.5, 0.6) is 11.5 Å². The summed E-state index contributed by atoms with van der Waals surface area (Å²) in [6.45, 7) is 5.76. The van der Waals surface area contributed by atoms with Crippen molar-refractivity contribution in [3.05, 3.63) is 116 Å². The minimum Gasteiger partial charge on any atom is -0.497 e. The summed E-state index contributed by atoms with van der Waals surface area (Å²) in [7, 11) is 1.59. The Hall–Kier alpha value is -2.97. The molecular weight excluding hydrogens is 764 g/mol. The predicted octanol–water partition coefficient (Wildman–Crippen LogP) is 5.88. The van der Waals surface area contributed by atoms with Crippen LogP contribution in [-0.2, 0) is 4.79 Å². The number of rotatable bonds is 7. The molecule has 10 heteroatoms. The molecule has 41 heavy (non-hydrogen) atoms. The summed E-state index contributed by atoms with van der Waals surface area (Å²) in [5, 5.41) is 2.98. The lowest BCUT2D eigenvalue weighted by Gasteiger charge is -2.25. The van der Waals surface area contributed by atoms with Crippen LogP contribution >= 0.6 is 56.5 Å². The van der Waals surface area contributed by atoms with E-state index in [4.69, 9.17) is 14.5 Å². The maximum atomic E-state index is 14.1. The average molecular weight is 791 g/mol. The van der Waals surface area contributed by atoms with Gasteiger partial charge in [-0.1, -0.05) is 41.7 Å². The minimum atomic E-state index is -0.699. The molecule has 7 nitrogen and oxygen atoms in total. The third-order valence-corrected chi connectivity index (χ3v) is 8.79. The van der Waals surface area contributed by atoms with Crippen LogP contribution in [0, 0.1) is 7.14 Å². The van der Waals surface area contributed by atoms with E-state index in [1.807, 2.05) is 86.7 Å². The highest BCUT2D eigenvalue weighted by Crippen LogP contribution is 2.33. The van der Waals surface area contributed by atoms with Gasteiger partial charge in [0.15, 0.2) is 4.80 Å². The van der Waals surface area contributed by atoms with Crippen molar-refractivity contribution in [1.29, 1.82) is 0 Å². The molecule has 1 N–H and O–H groups in total. The number of amides is 1. The fraction of sp³-hybridized carbons (Fsp3) is 0.194. The lowest BCUT2D eigenvalue weighted by atomic mass is 9.95. The van der Waals surface area contributed by atoms with Gasteiger partial charge in [0.2, 0.25) is 0 Å². The number of thiazole rings is 1. The summed E-state index contributed by atoms with van der Waals surface area (Å²) in [6.07, 6.45) is 1.83. The van der Waals surface area contributed by atoms with Crippen LogP contribution in [-0.4, -0.2) is 23.7 Å². The van der Waals surface area contributed by atoms with Crippen molar-refractivity contribution in [3.8, 4) is 11.5 Å². The molecule has 1 aliphatic rings. The number of anilines is 1. The van der Waals surface area contributed by atoms with Gasteiger partial charge in [0.1, 0.15) is 11.5 Å². The third kappa shape index (κ3) is 6.28. The first-order valence-electron chi connectivity index (χ1n) is 12.8. The van der Waals surface area contributed by atoms with Crippen molar-refractivity contribution in [1.82, 2.24) is 4.57 Å². The summed E-state index contributed by atoms with van der Waals surface area (Å²) >= 11 is 5.82. The zero-order chi connectivity index (χ0) is 29.3. The van der Waals surface area contributed by atoms with Crippen LogP contribution in [0.15, 0.2) is 87.8 Å². The molecule has 1 amide bonds. The van der Waals surface area contributed by atoms with Gasteiger partial charge in [-0.15, -0.1) is 0 Å². The molecule has 0 fully saturated rings. The first kappa shape index (κ1) is 29.5. The second-order valence-corrected chi connectivity index (χ2v) is 13.1. The Balaban J connectivity index is 1.71. The number of nitrogens with one attached hydrogen (secondary N) is 1. The standard InChI is InChI=1S/C31H27I2N3O4S/c1-17(2)40-28-20(13-21(32)16-24(28)33)15-25-30(38)36-27(19-9-8-12-23(14-19)39-4)26(18(3)34-31(36)41-25)29(37)35-22-10-6-5-7-11-22/h5-17,27H,1-4H3,(H,35,37)/b25-15-/t27-/m0/s1. The van der Waals surface area contributed by atoms with Crippen molar-refractivity contribution < 1.29 is 14.3 Å². The normalized spacial score (nSPS) is 15.0. The van der Waals surface area contributed by atoms with E-state index < -0.39 is 6.04 Å². The van der Waals surface area contributed by atoms with Crippen LogP contribution in [0.3, 0.4) is 0 Å². The fourth-order valence-electron chi connectivity index (χ4n) is 4.65. The molecule has 0 radical (unpaired) electrons. The van der Waals surface area contributed by atoms with Gasteiger partial charge in [-0.25, -0.2) is 4.99 Å². The first-order chi connectivity index (χ1) is 19.7. The van der Waals surface area contributed by atoms with Crippen LogP contribution in [0.4, 0.5) is 5.69 Å². The van der Waals surface area contributed by atoms with Crippen LogP contribution in [0.2, 0.25) is 0 Å². The number of para-hydroxylation sites is 1. The Bertz CT molecular complexity index is 1850. The Morgan fingerprint density at radius 2 is 1.85 bits per heavy atom. The molecule has 0 saturated carbocycles. The van der Waals surface area contributed by atoms with Gasteiger partial charge in [-0.3, -0.25) is 14.2 Å². The van der Waals surface area contributed by atoms with Crippen molar-refractivity contribution in [2.24, 2.45) is 4.99 Å². The first-order valence-corrected chi connectivity index (χ1v) is 15.8. The van der Waals surface area contributed by atoms with Gasteiger partial charge in [0.05, 0.1) is 38.6 Å². The van der Waals surface area contributed by atoms with E-state index in [9.17, 15) is 9.59 Å². The summed E-state index contributed by atoms with van der Waals surface area (Å²) in [5.41, 5.74) is 2.93. The number of aromatic nitrogens is 1. The highest BCUT2D eigenvalue weighted by atomic mass is 127.